The molecular formula is C20H22Br3IrNP-3. The molecule has 2 aromatic rings. The van der Waals surface area contributed by atoms with E-state index in [0.29, 0.717) is 0 Å². The molecule has 1 aromatic heterocycles. The fourth-order valence-electron chi connectivity index (χ4n) is 2.70. The summed E-state index contributed by atoms with van der Waals surface area (Å²) in [4.78, 5) is 4.43. The van der Waals surface area contributed by atoms with Crippen molar-refractivity contribution in [2.24, 2.45) is 0 Å². The summed E-state index contributed by atoms with van der Waals surface area (Å²) in [7, 11) is -1.40. The molecule has 1 nitrogen and oxygen atoms in total. The van der Waals surface area contributed by atoms with Crippen LogP contribution in [0.25, 0.3) is 11.3 Å². The number of halogens is 3. The molecule has 0 aliphatic rings. The van der Waals surface area contributed by atoms with E-state index in [-0.39, 0.29) is 71.0 Å². The van der Waals surface area contributed by atoms with Crippen LogP contribution in [0.2, 0.25) is 0 Å². The van der Waals surface area contributed by atoms with Gasteiger partial charge in [-0.25, -0.2) is 0 Å². The van der Waals surface area contributed by atoms with Crippen LogP contribution in [-0.4, -0.2) is 23.5 Å². The van der Waals surface area contributed by atoms with Gasteiger partial charge >= 0.3 is 0 Å². The molecule has 2 rings (SSSR count). The summed E-state index contributed by atoms with van der Waals surface area (Å²) >= 11 is 0. The van der Waals surface area contributed by atoms with Crippen LogP contribution in [0, 0.1) is 6.07 Å². The second-order valence-electron chi connectivity index (χ2n) is 5.23. The van der Waals surface area contributed by atoms with E-state index >= 15 is 0 Å². The Kier molecular flexibility index (Phi) is 19.1. The topological polar surface area (TPSA) is 12.9 Å². The summed E-state index contributed by atoms with van der Waals surface area (Å²) in [5, 5.41) is 1.37. The molecule has 0 bridgehead atoms. The predicted molar refractivity (Wildman–Crippen MR) is 100 cm³/mol. The van der Waals surface area contributed by atoms with Crippen molar-refractivity contribution >= 4 is 12.6 Å². The van der Waals surface area contributed by atoms with Crippen molar-refractivity contribution in [3.05, 3.63) is 86.6 Å². The summed E-state index contributed by atoms with van der Waals surface area (Å²) in [6.45, 7) is 11.9. The fourth-order valence-corrected chi connectivity index (χ4v) is 6.06. The van der Waals surface area contributed by atoms with E-state index in [1.165, 1.54) is 5.30 Å². The van der Waals surface area contributed by atoms with Gasteiger partial charge in [0.05, 0.1) is 18.5 Å². The largest absolute Gasteiger partial charge is 1.00 e. The van der Waals surface area contributed by atoms with Crippen molar-refractivity contribution in [1.29, 1.82) is 0 Å². The minimum Gasteiger partial charge on any atom is -1.00 e. The van der Waals surface area contributed by atoms with Gasteiger partial charge in [0.1, 0.15) is 0 Å². The van der Waals surface area contributed by atoms with Crippen molar-refractivity contribution < 1.29 is 71.0 Å². The molecule has 0 fully saturated rings. The van der Waals surface area contributed by atoms with Crippen LogP contribution in [-0.2, 0) is 20.1 Å². The van der Waals surface area contributed by atoms with Gasteiger partial charge in [-0.3, -0.25) is 0 Å². The number of hydrogen-bond donors (Lipinski definition) is 0. The number of pyridine rings is 1. The molecule has 145 valence electrons. The standard InChI is InChI=1S/C20H22NP.3BrH.Ir/c1-4-14-22(15-5-2,16-6-3)19-11-9-10-18(17-19)20-12-7-8-13-21-20;;;;/h4-9,11-13,17H,1-3,14-16H2;3*1H;/p-3. The number of nitrogens with zero attached hydrogens (tertiary/aromatic N) is 1. The Morgan fingerprint density at radius 2 is 1.50 bits per heavy atom. The minimum absolute atomic E-state index is 0. The molecule has 0 saturated heterocycles. The third-order valence-corrected chi connectivity index (χ3v) is 7.95. The van der Waals surface area contributed by atoms with Gasteiger partial charge < -0.3 is 55.9 Å². The van der Waals surface area contributed by atoms with Gasteiger partial charge in [0.2, 0.25) is 0 Å². The van der Waals surface area contributed by atoms with Gasteiger partial charge in [-0.2, -0.15) is 0 Å². The number of hydrogen-bond acceptors (Lipinski definition) is 1. The van der Waals surface area contributed by atoms with Crippen molar-refractivity contribution in [2.45, 2.75) is 0 Å². The molecule has 0 unspecified atom stereocenters. The van der Waals surface area contributed by atoms with Crippen molar-refractivity contribution in [2.75, 3.05) is 18.5 Å². The number of rotatable bonds is 8. The smallest absolute Gasteiger partial charge is 0.0808 e. The second kappa shape index (κ2) is 16.1. The number of benzene rings is 1. The summed E-state index contributed by atoms with van der Waals surface area (Å²) in [5.74, 6) is 0. The Balaban J connectivity index is -0.00000132. The van der Waals surface area contributed by atoms with E-state index in [2.05, 4.69) is 42.9 Å². The maximum absolute atomic E-state index is 4.43. The minimum atomic E-state index is -1.40. The first kappa shape index (κ1) is 30.8. The van der Waals surface area contributed by atoms with E-state index in [0.717, 1.165) is 29.7 Å². The monoisotopic (exact) mass is 737 g/mol. The molecule has 6 heteroatoms. The molecule has 0 saturated carbocycles. The first-order valence-corrected chi connectivity index (χ1v) is 9.72. The van der Waals surface area contributed by atoms with Gasteiger partial charge in [0, 0.05) is 38.9 Å². The van der Waals surface area contributed by atoms with E-state index in [1.54, 1.807) is 0 Å². The van der Waals surface area contributed by atoms with Crippen LogP contribution in [0.1, 0.15) is 0 Å². The molecule has 0 amide bonds. The van der Waals surface area contributed by atoms with Crippen LogP contribution in [0.3, 0.4) is 0 Å². The van der Waals surface area contributed by atoms with Gasteiger partial charge in [0.25, 0.3) is 0 Å². The molecule has 0 N–H and O–H groups in total. The molecule has 1 heterocycles. The Bertz CT molecular complexity index is 639. The molecule has 1 aromatic carbocycles. The van der Waals surface area contributed by atoms with E-state index in [4.69, 9.17) is 0 Å². The molecule has 0 atom stereocenters. The maximum atomic E-state index is 4.43. The average molecular weight is 739 g/mol. The van der Waals surface area contributed by atoms with Crippen LogP contribution in [0.15, 0.2) is 80.6 Å². The Hall–Kier alpha value is 0.109. The number of allylic oxidation sites excluding steroid dienone is 3. The molecule has 0 aliphatic carbocycles. The zero-order chi connectivity index (χ0) is 15.8. The Morgan fingerprint density at radius 3 is 1.96 bits per heavy atom. The molecule has 0 aliphatic heterocycles. The molecule has 1 radical (unpaired) electrons. The second-order valence-corrected chi connectivity index (χ2v) is 9.14. The van der Waals surface area contributed by atoms with E-state index in [1.807, 2.05) is 48.7 Å². The SMILES string of the molecule is C=CC[P+](CC=C)(CC=C)c1cc[c-]c(-c2ccccn2)c1.[Br-].[Br-].[Br-].[Ir]. The first-order chi connectivity index (χ1) is 10.8. The summed E-state index contributed by atoms with van der Waals surface area (Å²) in [6.07, 6.45) is 10.9. The molecule has 26 heavy (non-hydrogen) atoms. The molecule has 0 spiro atoms. The third kappa shape index (κ3) is 8.00. The summed E-state index contributed by atoms with van der Waals surface area (Å²) < 4.78 is 0. The summed E-state index contributed by atoms with van der Waals surface area (Å²) in [6, 6.07) is 15.7. The third-order valence-electron chi connectivity index (χ3n) is 3.71. The van der Waals surface area contributed by atoms with Gasteiger partial charge in [-0.15, -0.1) is 29.8 Å². The van der Waals surface area contributed by atoms with Crippen LogP contribution < -0.4 is 56.2 Å². The zero-order valence-corrected chi connectivity index (χ0v) is 22.4. The summed E-state index contributed by atoms with van der Waals surface area (Å²) in [5.41, 5.74) is 2.00. The maximum Gasteiger partial charge on any atom is 0.0808 e. The Morgan fingerprint density at radius 1 is 0.923 bits per heavy atom. The zero-order valence-electron chi connectivity index (χ0n) is 14.4. The predicted octanol–water partition coefficient (Wildman–Crippen LogP) is -4.24. The average Bonchev–Trinajstić information content (AvgIpc) is 2.56. The van der Waals surface area contributed by atoms with Crippen molar-refractivity contribution in [3.8, 4) is 11.3 Å². The quantitative estimate of drug-likeness (QED) is 0.152. The number of aromatic nitrogens is 1. The van der Waals surface area contributed by atoms with Gasteiger partial charge in [0.15, 0.2) is 0 Å². The Labute approximate surface area is 203 Å². The fraction of sp³-hybridized carbons (Fsp3) is 0.150. The first-order valence-electron chi connectivity index (χ1n) is 7.38. The van der Waals surface area contributed by atoms with Gasteiger partial charge in [-0.1, -0.05) is 50.1 Å². The van der Waals surface area contributed by atoms with Crippen molar-refractivity contribution in [3.63, 3.8) is 0 Å². The van der Waals surface area contributed by atoms with Crippen molar-refractivity contribution in [1.82, 2.24) is 4.98 Å². The van der Waals surface area contributed by atoms with E-state index < -0.39 is 7.26 Å². The normalized spacial score (nSPS) is 9.23. The van der Waals surface area contributed by atoms with Crippen LogP contribution in [0.5, 0.6) is 0 Å². The van der Waals surface area contributed by atoms with E-state index in [9.17, 15) is 0 Å². The van der Waals surface area contributed by atoms with Crippen LogP contribution >= 0.6 is 7.26 Å². The molecular weight excluding hydrogens is 717 g/mol. The van der Waals surface area contributed by atoms with Gasteiger partial charge in [-0.05, 0) is 11.8 Å². The van der Waals surface area contributed by atoms with Crippen LogP contribution in [0.4, 0.5) is 0 Å².